The third-order valence-electron chi connectivity index (χ3n) is 2.35. The topological polar surface area (TPSA) is 68.9 Å². The summed E-state index contributed by atoms with van der Waals surface area (Å²) in [4.78, 5) is 4.06. The summed E-state index contributed by atoms with van der Waals surface area (Å²) in [7, 11) is 0. The molecule has 0 unspecified atom stereocenters. The first kappa shape index (κ1) is 17.1. The third kappa shape index (κ3) is 8.03. The Kier molecular flexibility index (Phi) is 6.80. The standard InChI is InChI=1S/C13H18F3N3O2/c1-2-20-8-7-18-12(17)19-9-10-3-5-11(6-4-10)21-13(14,15)16/h3-6H,2,7-9H2,1H3,(H3,17,18,19). The Labute approximate surface area is 120 Å². The van der Waals surface area contributed by atoms with Crippen LogP contribution >= 0.6 is 0 Å². The molecule has 0 aliphatic carbocycles. The minimum atomic E-state index is -4.69. The van der Waals surface area contributed by atoms with E-state index in [-0.39, 0.29) is 18.3 Å². The van der Waals surface area contributed by atoms with Gasteiger partial charge in [0.2, 0.25) is 0 Å². The summed E-state index contributed by atoms with van der Waals surface area (Å²) in [5.74, 6) is -0.0108. The second-order valence-electron chi connectivity index (χ2n) is 4.02. The van der Waals surface area contributed by atoms with Crippen LogP contribution in [0, 0.1) is 0 Å². The van der Waals surface area contributed by atoms with Gasteiger partial charge in [-0.15, -0.1) is 13.2 Å². The molecule has 0 saturated carbocycles. The number of nitrogens with two attached hydrogens (primary N) is 1. The van der Waals surface area contributed by atoms with E-state index >= 15 is 0 Å². The summed E-state index contributed by atoms with van der Waals surface area (Å²) in [5, 5.41) is 2.86. The van der Waals surface area contributed by atoms with Gasteiger partial charge in [0.1, 0.15) is 5.75 Å². The number of rotatable bonds is 7. The second-order valence-corrected chi connectivity index (χ2v) is 4.02. The summed E-state index contributed by atoms with van der Waals surface area (Å²) in [6.07, 6.45) is -4.69. The maximum absolute atomic E-state index is 12.0. The fraction of sp³-hybridized carbons (Fsp3) is 0.462. The lowest BCUT2D eigenvalue weighted by Crippen LogP contribution is -2.34. The van der Waals surface area contributed by atoms with Gasteiger partial charge in [0.05, 0.1) is 13.2 Å². The van der Waals surface area contributed by atoms with E-state index in [1.165, 1.54) is 24.3 Å². The van der Waals surface area contributed by atoms with Crippen LogP contribution in [0.2, 0.25) is 0 Å². The van der Waals surface area contributed by atoms with Gasteiger partial charge in [0, 0.05) is 13.2 Å². The zero-order valence-corrected chi connectivity index (χ0v) is 11.6. The molecule has 0 saturated heterocycles. The maximum Gasteiger partial charge on any atom is 0.573 e. The van der Waals surface area contributed by atoms with E-state index in [4.69, 9.17) is 10.5 Å². The minimum Gasteiger partial charge on any atom is -0.406 e. The van der Waals surface area contributed by atoms with Gasteiger partial charge < -0.3 is 20.5 Å². The van der Waals surface area contributed by atoms with Crippen molar-refractivity contribution in [3.63, 3.8) is 0 Å². The van der Waals surface area contributed by atoms with Crippen molar-refractivity contribution < 1.29 is 22.6 Å². The average molecular weight is 305 g/mol. The van der Waals surface area contributed by atoms with Crippen molar-refractivity contribution in [1.29, 1.82) is 0 Å². The van der Waals surface area contributed by atoms with Crippen molar-refractivity contribution in [3.8, 4) is 5.75 Å². The summed E-state index contributed by atoms with van der Waals surface area (Å²) in [5.41, 5.74) is 6.35. The highest BCUT2D eigenvalue weighted by Crippen LogP contribution is 2.22. The molecule has 0 aliphatic rings. The number of alkyl halides is 3. The molecule has 0 bridgehead atoms. The van der Waals surface area contributed by atoms with Gasteiger partial charge in [-0.1, -0.05) is 12.1 Å². The first-order chi connectivity index (χ1) is 9.90. The second kappa shape index (κ2) is 8.35. The highest BCUT2D eigenvalue weighted by molar-refractivity contribution is 5.77. The van der Waals surface area contributed by atoms with Crippen molar-refractivity contribution in [3.05, 3.63) is 29.8 Å². The monoisotopic (exact) mass is 305 g/mol. The molecular formula is C13H18F3N3O2. The Bertz CT molecular complexity index is 447. The molecule has 21 heavy (non-hydrogen) atoms. The predicted molar refractivity (Wildman–Crippen MR) is 72.9 cm³/mol. The molecule has 0 aromatic heterocycles. The van der Waals surface area contributed by atoms with Gasteiger partial charge in [-0.25, -0.2) is 4.99 Å². The van der Waals surface area contributed by atoms with E-state index in [9.17, 15) is 13.2 Å². The number of hydrogen-bond acceptors (Lipinski definition) is 3. The molecule has 0 spiro atoms. The van der Waals surface area contributed by atoms with Crippen molar-refractivity contribution in [2.75, 3.05) is 19.8 Å². The number of aliphatic imine (C=N–C) groups is 1. The molecule has 118 valence electrons. The van der Waals surface area contributed by atoms with Crippen LogP contribution in [-0.2, 0) is 11.3 Å². The van der Waals surface area contributed by atoms with Gasteiger partial charge in [0.25, 0.3) is 0 Å². The molecule has 0 amide bonds. The van der Waals surface area contributed by atoms with Gasteiger partial charge >= 0.3 is 6.36 Å². The Morgan fingerprint density at radius 2 is 1.95 bits per heavy atom. The summed E-state index contributed by atoms with van der Waals surface area (Å²) >= 11 is 0. The highest BCUT2D eigenvalue weighted by atomic mass is 19.4. The van der Waals surface area contributed by atoms with Crippen LogP contribution in [0.1, 0.15) is 12.5 Å². The quantitative estimate of drug-likeness (QED) is 0.459. The smallest absolute Gasteiger partial charge is 0.406 e. The maximum atomic E-state index is 12.0. The van der Waals surface area contributed by atoms with Gasteiger partial charge in [-0.2, -0.15) is 0 Å². The van der Waals surface area contributed by atoms with E-state index < -0.39 is 6.36 Å². The number of ether oxygens (including phenoxy) is 2. The fourth-order valence-corrected chi connectivity index (χ4v) is 1.42. The Morgan fingerprint density at radius 1 is 1.29 bits per heavy atom. The molecule has 5 nitrogen and oxygen atoms in total. The van der Waals surface area contributed by atoms with Gasteiger partial charge in [-0.05, 0) is 24.6 Å². The number of guanidine groups is 1. The molecule has 8 heteroatoms. The van der Waals surface area contributed by atoms with Crippen LogP contribution in [-0.4, -0.2) is 32.1 Å². The van der Waals surface area contributed by atoms with Crippen LogP contribution in [0.5, 0.6) is 5.75 Å². The van der Waals surface area contributed by atoms with Gasteiger partial charge in [-0.3, -0.25) is 0 Å². The lowest BCUT2D eigenvalue weighted by Gasteiger charge is -2.09. The average Bonchev–Trinajstić information content (AvgIpc) is 2.41. The van der Waals surface area contributed by atoms with Crippen molar-refractivity contribution in [1.82, 2.24) is 5.32 Å². The first-order valence-electron chi connectivity index (χ1n) is 6.37. The fourth-order valence-electron chi connectivity index (χ4n) is 1.42. The SMILES string of the molecule is CCOCCNC(N)=NCc1ccc(OC(F)(F)F)cc1. The van der Waals surface area contributed by atoms with E-state index in [0.29, 0.717) is 19.8 Å². The Balaban J connectivity index is 2.41. The molecule has 0 fully saturated rings. The minimum absolute atomic E-state index is 0.255. The van der Waals surface area contributed by atoms with E-state index in [0.717, 1.165) is 5.56 Å². The Morgan fingerprint density at radius 3 is 2.52 bits per heavy atom. The summed E-state index contributed by atoms with van der Waals surface area (Å²) in [6.45, 7) is 3.85. The Hall–Kier alpha value is -1.96. The predicted octanol–water partition coefficient (Wildman–Crippen LogP) is 2.03. The lowest BCUT2D eigenvalue weighted by molar-refractivity contribution is -0.274. The molecule has 0 atom stereocenters. The van der Waals surface area contributed by atoms with Gasteiger partial charge in [0.15, 0.2) is 5.96 Å². The molecule has 3 N–H and O–H groups in total. The molecule has 0 heterocycles. The zero-order valence-electron chi connectivity index (χ0n) is 11.6. The number of nitrogens with zero attached hydrogens (tertiary/aromatic N) is 1. The highest BCUT2D eigenvalue weighted by Gasteiger charge is 2.30. The van der Waals surface area contributed by atoms with Crippen molar-refractivity contribution in [2.45, 2.75) is 19.8 Å². The van der Waals surface area contributed by atoms with Crippen LogP contribution < -0.4 is 15.8 Å². The first-order valence-corrected chi connectivity index (χ1v) is 6.37. The normalized spacial score (nSPS) is 12.3. The largest absolute Gasteiger partial charge is 0.573 e. The van der Waals surface area contributed by atoms with Crippen LogP contribution in [0.15, 0.2) is 29.3 Å². The summed E-state index contributed by atoms with van der Waals surface area (Å²) < 4.78 is 44.9. The molecule has 1 aromatic carbocycles. The lowest BCUT2D eigenvalue weighted by atomic mass is 10.2. The number of nitrogens with one attached hydrogen (secondary N) is 1. The summed E-state index contributed by atoms with van der Waals surface area (Å²) in [6, 6.07) is 5.46. The van der Waals surface area contributed by atoms with Crippen molar-refractivity contribution >= 4 is 5.96 Å². The van der Waals surface area contributed by atoms with Crippen LogP contribution in [0.4, 0.5) is 13.2 Å². The molecule has 0 radical (unpaired) electrons. The van der Waals surface area contributed by atoms with Crippen LogP contribution in [0.25, 0.3) is 0 Å². The third-order valence-corrected chi connectivity index (χ3v) is 2.35. The zero-order chi connectivity index (χ0) is 15.7. The van der Waals surface area contributed by atoms with E-state index in [2.05, 4.69) is 15.0 Å². The number of halogens is 3. The number of hydrogen-bond donors (Lipinski definition) is 2. The molecule has 0 aliphatic heterocycles. The van der Waals surface area contributed by atoms with Crippen molar-refractivity contribution in [2.24, 2.45) is 10.7 Å². The van der Waals surface area contributed by atoms with Crippen LogP contribution in [0.3, 0.4) is 0 Å². The molecule has 1 aromatic rings. The molecular weight excluding hydrogens is 287 g/mol. The number of benzene rings is 1. The van der Waals surface area contributed by atoms with E-state index in [1.807, 2.05) is 6.92 Å². The van der Waals surface area contributed by atoms with E-state index in [1.54, 1.807) is 0 Å². The molecule has 1 rings (SSSR count).